The molecule has 2 rings (SSSR count). The Morgan fingerprint density at radius 3 is 2.47 bits per heavy atom. The molecule has 1 aromatic rings. The van der Waals surface area contributed by atoms with Gasteiger partial charge in [0.1, 0.15) is 4.90 Å². The van der Waals surface area contributed by atoms with Gasteiger partial charge in [-0.3, -0.25) is 4.79 Å². The molecule has 0 radical (unpaired) electrons. The molecular formula is C13H20N2O3S. The van der Waals surface area contributed by atoms with Gasteiger partial charge in [-0.25, -0.2) is 8.42 Å². The van der Waals surface area contributed by atoms with Crippen LogP contribution in [-0.4, -0.2) is 30.8 Å². The summed E-state index contributed by atoms with van der Waals surface area (Å²) in [5.41, 5.74) is -0.463. The Bertz CT molecular complexity index is 586. The van der Waals surface area contributed by atoms with Crippen molar-refractivity contribution in [1.29, 1.82) is 0 Å². The van der Waals surface area contributed by atoms with Gasteiger partial charge in [0.2, 0.25) is 15.5 Å². The fourth-order valence-electron chi connectivity index (χ4n) is 2.56. The zero-order valence-electron chi connectivity index (χ0n) is 11.3. The molecule has 0 spiro atoms. The van der Waals surface area contributed by atoms with E-state index in [0.29, 0.717) is 5.92 Å². The first-order chi connectivity index (χ1) is 8.93. The molecule has 19 heavy (non-hydrogen) atoms. The lowest BCUT2D eigenvalue weighted by Gasteiger charge is -2.32. The number of nitrogens with one attached hydrogen (secondary N) is 1. The van der Waals surface area contributed by atoms with Crippen LogP contribution in [0.4, 0.5) is 0 Å². The second-order valence-corrected chi connectivity index (χ2v) is 7.27. The SMILES string of the molecule is CC1CCC(N(C)S(=O)(=O)c2c[nH]ccc2=O)CC1. The number of nitrogens with zero attached hydrogens (tertiary/aromatic N) is 1. The van der Waals surface area contributed by atoms with Gasteiger partial charge in [0.05, 0.1) is 0 Å². The number of hydrogen-bond acceptors (Lipinski definition) is 3. The summed E-state index contributed by atoms with van der Waals surface area (Å²) >= 11 is 0. The van der Waals surface area contributed by atoms with Gasteiger partial charge in [0, 0.05) is 31.5 Å². The molecule has 1 N–H and O–H groups in total. The lowest BCUT2D eigenvalue weighted by atomic mass is 9.87. The number of sulfonamides is 1. The highest BCUT2D eigenvalue weighted by Gasteiger charge is 2.31. The lowest BCUT2D eigenvalue weighted by Crippen LogP contribution is -2.40. The van der Waals surface area contributed by atoms with Crippen molar-refractivity contribution in [2.75, 3.05) is 7.05 Å². The number of H-pyrrole nitrogens is 1. The van der Waals surface area contributed by atoms with E-state index in [9.17, 15) is 13.2 Å². The van der Waals surface area contributed by atoms with Gasteiger partial charge in [0.15, 0.2) is 0 Å². The van der Waals surface area contributed by atoms with Gasteiger partial charge in [-0.05, 0) is 31.6 Å². The third-order valence-electron chi connectivity index (χ3n) is 3.94. The van der Waals surface area contributed by atoms with E-state index in [2.05, 4.69) is 11.9 Å². The molecule has 0 saturated heterocycles. The van der Waals surface area contributed by atoms with Gasteiger partial charge >= 0.3 is 0 Å². The fraction of sp³-hybridized carbons (Fsp3) is 0.615. The summed E-state index contributed by atoms with van der Waals surface area (Å²) in [6, 6.07) is 1.24. The van der Waals surface area contributed by atoms with Crippen LogP contribution in [0, 0.1) is 5.92 Å². The first-order valence-electron chi connectivity index (χ1n) is 6.58. The third kappa shape index (κ3) is 2.90. The smallest absolute Gasteiger partial charge is 0.248 e. The Kier molecular flexibility index (Phi) is 4.10. The Labute approximate surface area is 113 Å². The van der Waals surface area contributed by atoms with Crippen molar-refractivity contribution >= 4 is 10.0 Å². The minimum Gasteiger partial charge on any atom is -0.366 e. The van der Waals surface area contributed by atoms with Crippen LogP contribution in [0.15, 0.2) is 28.2 Å². The molecule has 1 aliphatic rings. The Morgan fingerprint density at radius 1 is 1.26 bits per heavy atom. The summed E-state index contributed by atoms with van der Waals surface area (Å²) in [5.74, 6) is 0.660. The van der Waals surface area contributed by atoms with Gasteiger partial charge in [-0.2, -0.15) is 4.31 Å². The summed E-state index contributed by atoms with van der Waals surface area (Å²) < 4.78 is 26.2. The molecule has 1 fully saturated rings. The number of aromatic amines is 1. The molecule has 1 aromatic heterocycles. The van der Waals surface area contributed by atoms with Gasteiger partial charge in [-0.1, -0.05) is 6.92 Å². The molecule has 0 bridgehead atoms. The second-order valence-electron chi connectivity index (χ2n) is 5.31. The number of hydrogen-bond donors (Lipinski definition) is 1. The highest BCUT2D eigenvalue weighted by molar-refractivity contribution is 7.89. The van der Waals surface area contributed by atoms with Crippen molar-refractivity contribution in [1.82, 2.24) is 9.29 Å². The Morgan fingerprint density at radius 2 is 1.89 bits per heavy atom. The highest BCUT2D eigenvalue weighted by atomic mass is 32.2. The summed E-state index contributed by atoms with van der Waals surface area (Å²) in [6.45, 7) is 2.19. The molecule has 5 nitrogen and oxygen atoms in total. The van der Waals surface area contributed by atoms with E-state index in [0.717, 1.165) is 25.7 Å². The highest BCUT2D eigenvalue weighted by Crippen LogP contribution is 2.28. The zero-order valence-corrected chi connectivity index (χ0v) is 12.1. The van der Waals surface area contributed by atoms with Crippen molar-refractivity contribution in [2.45, 2.75) is 43.5 Å². The van der Waals surface area contributed by atoms with Crippen molar-refractivity contribution in [3.05, 3.63) is 28.7 Å². The van der Waals surface area contributed by atoms with E-state index in [1.54, 1.807) is 7.05 Å². The molecular weight excluding hydrogens is 264 g/mol. The van der Waals surface area contributed by atoms with Gasteiger partial charge in [0.25, 0.3) is 0 Å². The largest absolute Gasteiger partial charge is 0.366 e. The van der Waals surface area contributed by atoms with Crippen LogP contribution in [0.1, 0.15) is 32.6 Å². The van der Waals surface area contributed by atoms with Crippen LogP contribution in [-0.2, 0) is 10.0 Å². The van der Waals surface area contributed by atoms with E-state index < -0.39 is 15.5 Å². The maximum atomic E-state index is 12.4. The second kappa shape index (κ2) is 5.46. The fourth-order valence-corrected chi connectivity index (χ4v) is 4.01. The molecule has 1 heterocycles. The van der Waals surface area contributed by atoms with Crippen molar-refractivity contribution < 1.29 is 8.42 Å². The van der Waals surface area contributed by atoms with E-state index in [1.807, 2.05) is 0 Å². The topological polar surface area (TPSA) is 70.2 Å². The molecule has 0 amide bonds. The summed E-state index contributed by atoms with van der Waals surface area (Å²) in [6.07, 6.45) is 6.50. The van der Waals surface area contributed by atoms with Crippen LogP contribution in [0.2, 0.25) is 0 Å². The molecule has 1 saturated carbocycles. The van der Waals surface area contributed by atoms with Crippen molar-refractivity contribution in [2.24, 2.45) is 5.92 Å². The van der Waals surface area contributed by atoms with Crippen LogP contribution < -0.4 is 5.43 Å². The number of aromatic nitrogens is 1. The van der Waals surface area contributed by atoms with E-state index in [-0.39, 0.29) is 10.9 Å². The van der Waals surface area contributed by atoms with Crippen molar-refractivity contribution in [3.8, 4) is 0 Å². The van der Waals surface area contributed by atoms with Gasteiger partial charge < -0.3 is 4.98 Å². The van der Waals surface area contributed by atoms with E-state index >= 15 is 0 Å². The molecule has 6 heteroatoms. The minimum absolute atomic E-state index is 0.000746. The average Bonchev–Trinajstić information content (AvgIpc) is 2.39. The zero-order chi connectivity index (χ0) is 14.0. The predicted octanol–water partition coefficient (Wildman–Crippen LogP) is 1.57. The lowest BCUT2D eigenvalue weighted by molar-refractivity contribution is 0.246. The summed E-state index contributed by atoms with van der Waals surface area (Å²) in [7, 11) is -2.13. The monoisotopic (exact) mass is 284 g/mol. The van der Waals surface area contributed by atoms with E-state index in [1.165, 1.54) is 22.8 Å². The summed E-state index contributed by atoms with van der Waals surface area (Å²) in [4.78, 5) is 14.2. The molecule has 0 unspecified atom stereocenters. The average molecular weight is 284 g/mol. The first kappa shape index (κ1) is 14.3. The first-order valence-corrected chi connectivity index (χ1v) is 8.02. The van der Waals surface area contributed by atoms with E-state index in [4.69, 9.17) is 0 Å². The standard InChI is InChI=1S/C13H20N2O3S/c1-10-3-5-11(6-4-10)15(2)19(17,18)13-9-14-8-7-12(13)16/h7-11H,3-6H2,1-2H3,(H,14,16). The maximum absolute atomic E-state index is 12.4. The van der Waals surface area contributed by atoms with Crippen LogP contribution in [0.3, 0.4) is 0 Å². The molecule has 1 aliphatic carbocycles. The summed E-state index contributed by atoms with van der Waals surface area (Å²) in [5, 5.41) is 0. The van der Waals surface area contributed by atoms with Crippen LogP contribution in [0.5, 0.6) is 0 Å². The Hall–Kier alpha value is -1.14. The minimum atomic E-state index is -3.70. The van der Waals surface area contributed by atoms with Gasteiger partial charge in [-0.15, -0.1) is 0 Å². The predicted molar refractivity (Wildman–Crippen MR) is 73.4 cm³/mol. The number of rotatable bonds is 3. The molecule has 0 aromatic carbocycles. The van der Waals surface area contributed by atoms with Crippen LogP contribution >= 0.6 is 0 Å². The maximum Gasteiger partial charge on any atom is 0.248 e. The molecule has 0 aliphatic heterocycles. The quantitative estimate of drug-likeness (QED) is 0.916. The van der Waals surface area contributed by atoms with Crippen molar-refractivity contribution in [3.63, 3.8) is 0 Å². The molecule has 106 valence electrons. The Balaban J connectivity index is 2.25. The van der Waals surface area contributed by atoms with Crippen LogP contribution in [0.25, 0.3) is 0 Å². The molecule has 0 atom stereocenters. The third-order valence-corrected chi connectivity index (χ3v) is 5.88. The normalized spacial score (nSPS) is 24.6. The number of pyridine rings is 1.